The zero-order valence-corrected chi connectivity index (χ0v) is 16.3. The van der Waals surface area contributed by atoms with Gasteiger partial charge in [-0.15, -0.1) is 0 Å². The van der Waals surface area contributed by atoms with E-state index in [2.05, 4.69) is 15.0 Å². The molecule has 3 rings (SSSR count). The lowest BCUT2D eigenvalue weighted by Crippen LogP contribution is -2.29. The molecule has 1 amide bonds. The van der Waals surface area contributed by atoms with Gasteiger partial charge in [0.1, 0.15) is 0 Å². The molecule has 1 aliphatic heterocycles. The second-order valence-corrected chi connectivity index (χ2v) is 7.55. The van der Waals surface area contributed by atoms with Crippen LogP contribution in [-0.2, 0) is 13.0 Å². The Hall–Kier alpha value is -1.96. The number of hydrogen-bond donors (Lipinski definition) is 1. The number of likely N-dealkylation sites (N-methyl/N-ethyl adjacent to an activating group) is 1. The lowest BCUT2D eigenvalue weighted by Gasteiger charge is -2.17. The molecule has 1 unspecified atom stereocenters. The van der Waals surface area contributed by atoms with E-state index < -0.39 is 0 Å². The molecule has 7 nitrogen and oxygen atoms in total. The summed E-state index contributed by atoms with van der Waals surface area (Å²) in [5, 5.41) is 13.9. The molecule has 1 atom stereocenters. The van der Waals surface area contributed by atoms with Gasteiger partial charge in [0.2, 0.25) is 0 Å². The van der Waals surface area contributed by atoms with E-state index in [1.165, 1.54) is 4.90 Å². The maximum absolute atomic E-state index is 12.3. The number of carbonyl (C=O) groups is 1. The highest BCUT2D eigenvalue weighted by Crippen LogP contribution is 2.21. The number of carbonyl (C=O) groups excluding carboxylic acids is 1. The van der Waals surface area contributed by atoms with Gasteiger partial charge in [0.05, 0.1) is 29.9 Å². The van der Waals surface area contributed by atoms with E-state index in [1.54, 1.807) is 19.4 Å². The Bertz CT molecular complexity index is 766. The highest BCUT2D eigenvalue weighted by Gasteiger charge is 2.23. The summed E-state index contributed by atoms with van der Waals surface area (Å²) in [6.07, 6.45) is 9.00. The normalized spacial score (nSPS) is 17.4. The second kappa shape index (κ2) is 9.30. The number of rotatable bonds is 8. The Balaban J connectivity index is 1.50. The summed E-state index contributed by atoms with van der Waals surface area (Å²) in [4.78, 5) is 20.5. The molecule has 2 aromatic rings. The fourth-order valence-electron chi connectivity index (χ4n) is 3.51. The first kappa shape index (κ1) is 19.8. The Morgan fingerprint density at radius 3 is 2.96 bits per heavy atom. The molecular formula is C19H26ClN5O2. The van der Waals surface area contributed by atoms with Crippen molar-refractivity contribution in [1.82, 2.24) is 24.6 Å². The predicted octanol–water partition coefficient (Wildman–Crippen LogP) is 1.56. The van der Waals surface area contributed by atoms with Crippen molar-refractivity contribution >= 4 is 17.5 Å². The van der Waals surface area contributed by atoms with Crippen molar-refractivity contribution in [2.75, 3.05) is 39.8 Å². The first-order valence-electron chi connectivity index (χ1n) is 9.25. The van der Waals surface area contributed by atoms with Crippen LogP contribution in [0.15, 0.2) is 30.9 Å². The second-order valence-electron chi connectivity index (χ2n) is 7.11. The van der Waals surface area contributed by atoms with Crippen LogP contribution in [0, 0.1) is 5.92 Å². The maximum atomic E-state index is 12.3. The lowest BCUT2D eigenvalue weighted by molar-refractivity contribution is 0.0766. The first-order chi connectivity index (χ1) is 13.0. The van der Waals surface area contributed by atoms with E-state index in [0.717, 1.165) is 44.6 Å². The molecule has 146 valence electrons. The highest BCUT2D eigenvalue weighted by molar-refractivity contribution is 6.30. The number of aromatic nitrogens is 3. The molecule has 1 saturated heterocycles. The number of nitrogens with zero attached hydrogens (tertiary/aromatic N) is 5. The molecule has 8 heteroatoms. The van der Waals surface area contributed by atoms with Crippen LogP contribution in [0.3, 0.4) is 0 Å². The van der Waals surface area contributed by atoms with Gasteiger partial charge in [0.15, 0.2) is 0 Å². The minimum absolute atomic E-state index is 0.0436. The number of aliphatic hydroxyl groups is 1. The molecule has 0 bridgehead atoms. The van der Waals surface area contributed by atoms with E-state index in [0.29, 0.717) is 23.0 Å². The topological polar surface area (TPSA) is 74.5 Å². The van der Waals surface area contributed by atoms with Gasteiger partial charge in [0.25, 0.3) is 5.91 Å². The summed E-state index contributed by atoms with van der Waals surface area (Å²) in [6.45, 7) is 4.18. The SMILES string of the molecule is CN(CCO)C(=O)c1cncc(CC2CCN(CCn3cc(Cl)cn3)C2)c1. The molecule has 0 radical (unpaired) electrons. The van der Waals surface area contributed by atoms with Crippen LogP contribution in [0.2, 0.25) is 5.02 Å². The lowest BCUT2D eigenvalue weighted by atomic mass is 9.99. The van der Waals surface area contributed by atoms with Crippen LogP contribution in [0.25, 0.3) is 0 Å². The summed E-state index contributed by atoms with van der Waals surface area (Å²) in [7, 11) is 1.69. The Morgan fingerprint density at radius 1 is 1.37 bits per heavy atom. The third-order valence-electron chi connectivity index (χ3n) is 4.97. The summed E-state index contributed by atoms with van der Waals surface area (Å²) in [5.41, 5.74) is 1.66. The third-order valence-corrected chi connectivity index (χ3v) is 5.16. The number of pyridine rings is 1. The van der Waals surface area contributed by atoms with Gasteiger partial charge < -0.3 is 14.9 Å². The molecule has 27 heavy (non-hydrogen) atoms. The van der Waals surface area contributed by atoms with Gasteiger partial charge in [-0.2, -0.15) is 5.10 Å². The minimum Gasteiger partial charge on any atom is -0.395 e. The number of amides is 1. The summed E-state index contributed by atoms with van der Waals surface area (Å²) < 4.78 is 1.87. The summed E-state index contributed by atoms with van der Waals surface area (Å²) >= 11 is 5.90. The van der Waals surface area contributed by atoms with Crippen molar-refractivity contribution in [3.63, 3.8) is 0 Å². The van der Waals surface area contributed by atoms with Crippen molar-refractivity contribution in [2.24, 2.45) is 5.92 Å². The van der Waals surface area contributed by atoms with Crippen LogP contribution in [-0.4, -0.2) is 75.4 Å². The van der Waals surface area contributed by atoms with Gasteiger partial charge in [0, 0.05) is 45.3 Å². The molecule has 0 aliphatic carbocycles. The summed E-state index contributed by atoms with van der Waals surface area (Å²) in [6, 6.07) is 1.93. The molecular weight excluding hydrogens is 366 g/mol. The van der Waals surface area contributed by atoms with Gasteiger partial charge in [-0.05, 0) is 36.9 Å². The molecule has 2 aromatic heterocycles. The molecule has 0 saturated carbocycles. The monoisotopic (exact) mass is 391 g/mol. The average molecular weight is 392 g/mol. The van der Waals surface area contributed by atoms with Crippen LogP contribution in [0.1, 0.15) is 22.3 Å². The first-order valence-corrected chi connectivity index (χ1v) is 9.63. The quantitative estimate of drug-likeness (QED) is 0.739. The molecule has 1 fully saturated rings. The smallest absolute Gasteiger partial charge is 0.255 e. The van der Waals surface area contributed by atoms with Crippen molar-refractivity contribution in [2.45, 2.75) is 19.4 Å². The largest absolute Gasteiger partial charge is 0.395 e. The van der Waals surface area contributed by atoms with Crippen LogP contribution in [0.4, 0.5) is 0 Å². The zero-order chi connectivity index (χ0) is 19.2. The highest BCUT2D eigenvalue weighted by atomic mass is 35.5. The van der Waals surface area contributed by atoms with Crippen LogP contribution in [0.5, 0.6) is 0 Å². The maximum Gasteiger partial charge on any atom is 0.255 e. The standard InChI is InChI=1S/C19H26ClN5O2/c1-23(6-7-26)19(27)17-9-16(10-21-11-17)8-15-2-3-24(13-15)4-5-25-14-18(20)12-22-25/h9-12,14-15,26H,2-8,13H2,1H3. The average Bonchev–Trinajstić information content (AvgIpc) is 3.28. The minimum atomic E-state index is -0.107. The van der Waals surface area contributed by atoms with E-state index in [1.807, 2.05) is 23.1 Å². The molecule has 3 heterocycles. The van der Waals surface area contributed by atoms with Crippen LogP contribution < -0.4 is 0 Å². The number of likely N-dealkylation sites (tertiary alicyclic amines) is 1. The van der Waals surface area contributed by atoms with E-state index in [9.17, 15) is 4.79 Å². The molecule has 1 N–H and O–H groups in total. The molecule has 0 spiro atoms. The van der Waals surface area contributed by atoms with E-state index in [-0.39, 0.29) is 12.5 Å². The number of halogens is 1. The van der Waals surface area contributed by atoms with Gasteiger partial charge in [-0.1, -0.05) is 11.6 Å². The third kappa shape index (κ3) is 5.51. The zero-order valence-electron chi connectivity index (χ0n) is 15.6. The van der Waals surface area contributed by atoms with Gasteiger partial charge in [-0.3, -0.25) is 14.5 Å². The van der Waals surface area contributed by atoms with Crippen molar-refractivity contribution in [1.29, 1.82) is 0 Å². The fourth-order valence-corrected chi connectivity index (χ4v) is 3.66. The van der Waals surface area contributed by atoms with Crippen molar-refractivity contribution < 1.29 is 9.90 Å². The van der Waals surface area contributed by atoms with Crippen molar-refractivity contribution in [3.05, 3.63) is 47.0 Å². The molecule has 1 aliphatic rings. The van der Waals surface area contributed by atoms with Crippen LogP contribution >= 0.6 is 11.6 Å². The number of aliphatic hydroxyl groups excluding tert-OH is 1. The summed E-state index contributed by atoms with van der Waals surface area (Å²) in [5.74, 6) is 0.456. The van der Waals surface area contributed by atoms with E-state index in [4.69, 9.17) is 16.7 Å². The Morgan fingerprint density at radius 2 is 2.22 bits per heavy atom. The van der Waals surface area contributed by atoms with Gasteiger partial charge >= 0.3 is 0 Å². The van der Waals surface area contributed by atoms with Gasteiger partial charge in [-0.25, -0.2) is 0 Å². The van der Waals surface area contributed by atoms with E-state index >= 15 is 0 Å². The fraction of sp³-hybridized carbons (Fsp3) is 0.526. The van der Waals surface area contributed by atoms with Crippen molar-refractivity contribution in [3.8, 4) is 0 Å². The predicted molar refractivity (Wildman–Crippen MR) is 104 cm³/mol. The Kier molecular flexibility index (Phi) is 6.82. The molecule has 0 aromatic carbocycles. The Labute approximate surface area is 164 Å². The number of hydrogen-bond acceptors (Lipinski definition) is 5.